The number of aromatic nitrogens is 4. The molecule has 37 heavy (non-hydrogen) atoms. The van der Waals surface area contributed by atoms with E-state index in [4.69, 9.17) is 10.5 Å². The number of rotatable bonds is 7. The lowest BCUT2D eigenvalue weighted by Gasteiger charge is -2.11. The van der Waals surface area contributed by atoms with Gasteiger partial charge in [-0.2, -0.15) is 0 Å². The van der Waals surface area contributed by atoms with E-state index in [1.165, 1.54) is 6.08 Å². The molecule has 0 atom stereocenters. The van der Waals surface area contributed by atoms with Crippen LogP contribution in [-0.4, -0.2) is 31.2 Å². The fourth-order valence-corrected chi connectivity index (χ4v) is 4.10. The zero-order chi connectivity index (χ0) is 25.9. The number of ether oxygens (including phenoxy) is 1. The Hall–Kier alpha value is -5.31. The molecule has 2 aromatic carbocycles. The maximum absolute atomic E-state index is 12.7. The molecule has 0 aliphatic heterocycles. The number of nitrogens with one attached hydrogen (secondary N) is 1. The van der Waals surface area contributed by atoms with E-state index in [1.54, 1.807) is 55.1 Å². The molecule has 3 heterocycles. The molecule has 9 nitrogen and oxygen atoms in total. The monoisotopic (exact) mass is 490 g/mol. The van der Waals surface area contributed by atoms with Crippen molar-refractivity contribution in [2.45, 2.75) is 6.92 Å². The van der Waals surface area contributed by atoms with Crippen LogP contribution in [0.15, 0.2) is 92.0 Å². The van der Waals surface area contributed by atoms with Crippen molar-refractivity contribution in [3.05, 3.63) is 103 Å². The number of nitrogens with two attached hydrogens (primary N) is 1. The van der Waals surface area contributed by atoms with Gasteiger partial charge in [-0.1, -0.05) is 30.8 Å². The maximum Gasteiger partial charge on any atom is 0.322 e. The minimum absolute atomic E-state index is 0.246. The smallest absolute Gasteiger partial charge is 0.322 e. The van der Waals surface area contributed by atoms with Gasteiger partial charge in [-0.3, -0.25) is 14.6 Å². The Morgan fingerprint density at radius 3 is 2.43 bits per heavy atom. The van der Waals surface area contributed by atoms with Crippen LogP contribution in [0.3, 0.4) is 0 Å². The van der Waals surface area contributed by atoms with Gasteiger partial charge in [-0.15, -0.1) is 0 Å². The van der Waals surface area contributed by atoms with Gasteiger partial charge in [0.05, 0.1) is 23.0 Å². The average molecular weight is 491 g/mol. The normalized spacial score (nSPS) is 10.7. The molecule has 0 saturated carbocycles. The number of anilines is 1. The second-order valence-corrected chi connectivity index (χ2v) is 8.17. The van der Waals surface area contributed by atoms with Gasteiger partial charge in [-0.05, 0) is 54.5 Å². The number of carbonyl (C=O) groups is 2. The lowest BCUT2D eigenvalue weighted by atomic mass is 9.96. The van der Waals surface area contributed by atoms with Crippen molar-refractivity contribution in [3.8, 4) is 34.1 Å². The van der Waals surface area contributed by atoms with Crippen molar-refractivity contribution in [2.24, 2.45) is 5.73 Å². The minimum atomic E-state index is -0.574. The molecule has 0 fully saturated rings. The average Bonchev–Trinajstić information content (AvgIpc) is 3.25. The van der Waals surface area contributed by atoms with Gasteiger partial charge in [0.25, 0.3) is 5.91 Å². The fourth-order valence-electron chi connectivity index (χ4n) is 4.10. The summed E-state index contributed by atoms with van der Waals surface area (Å²) in [6, 6.07) is 16.6. The highest BCUT2D eigenvalue weighted by Gasteiger charge is 2.24. The first-order chi connectivity index (χ1) is 17.9. The first-order valence-electron chi connectivity index (χ1n) is 11.3. The van der Waals surface area contributed by atoms with E-state index in [9.17, 15) is 9.59 Å². The van der Waals surface area contributed by atoms with Crippen molar-refractivity contribution < 1.29 is 14.3 Å². The highest BCUT2D eigenvalue weighted by Crippen LogP contribution is 2.40. The van der Waals surface area contributed by atoms with Gasteiger partial charge in [0, 0.05) is 35.5 Å². The van der Waals surface area contributed by atoms with Crippen molar-refractivity contribution in [2.75, 3.05) is 5.32 Å². The van der Waals surface area contributed by atoms with Gasteiger partial charge in [0.2, 0.25) is 5.91 Å². The van der Waals surface area contributed by atoms with E-state index in [2.05, 4.69) is 26.8 Å². The zero-order valence-corrected chi connectivity index (χ0v) is 19.9. The molecule has 0 saturated heterocycles. The fraction of sp³-hybridized carbons (Fsp3) is 0.0357. The molecule has 3 N–H and O–H groups in total. The number of amides is 2. The summed E-state index contributed by atoms with van der Waals surface area (Å²) >= 11 is 0. The Morgan fingerprint density at radius 1 is 1.03 bits per heavy atom. The van der Waals surface area contributed by atoms with Crippen LogP contribution in [0.5, 0.6) is 11.8 Å². The number of benzene rings is 2. The number of carbonyl (C=O) groups excluding carboxylic acids is 2. The van der Waals surface area contributed by atoms with E-state index in [1.807, 2.05) is 35.6 Å². The van der Waals surface area contributed by atoms with Crippen LogP contribution in [-0.2, 0) is 4.79 Å². The van der Waals surface area contributed by atoms with Crippen LogP contribution in [0.1, 0.15) is 16.1 Å². The third-order valence-electron chi connectivity index (χ3n) is 5.72. The second-order valence-electron chi connectivity index (χ2n) is 8.17. The van der Waals surface area contributed by atoms with Crippen LogP contribution >= 0.6 is 0 Å². The summed E-state index contributed by atoms with van der Waals surface area (Å²) in [5.74, 6) is -0.332. The van der Waals surface area contributed by atoms with E-state index < -0.39 is 5.91 Å². The summed E-state index contributed by atoms with van der Waals surface area (Å²) in [4.78, 5) is 37.0. The van der Waals surface area contributed by atoms with Crippen LogP contribution in [0.2, 0.25) is 0 Å². The number of fused-ring (bicyclic) bond motifs is 1. The highest BCUT2D eigenvalue weighted by molar-refractivity contribution is 6.10. The Kier molecular flexibility index (Phi) is 6.17. The molecule has 0 bridgehead atoms. The van der Waals surface area contributed by atoms with E-state index in [0.29, 0.717) is 28.1 Å². The maximum atomic E-state index is 12.7. The van der Waals surface area contributed by atoms with E-state index in [0.717, 1.165) is 22.5 Å². The molecular weight excluding hydrogens is 468 g/mol. The topological polar surface area (TPSA) is 124 Å². The van der Waals surface area contributed by atoms with Crippen molar-refractivity contribution in [3.63, 3.8) is 0 Å². The summed E-state index contributed by atoms with van der Waals surface area (Å²) in [5, 5.41) is 2.73. The molecule has 5 aromatic rings. The van der Waals surface area contributed by atoms with E-state index >= 15 is 0 Å². The lowest BCUT2D eigenvalue weighted by molar-refractivity contribution is -0.111. The van der Waals surface area contributed by atoms with Crippen molar-refractivity contribution >= 4 is 23.0 Å². The molecule has 0 aliphatic rings. The first-order valence-corrected chi connectivity index (χ1v) is 11.3. The van der Waals surface area contributed by atoms with Gasteiger partial charge >= 0.3 is 6.01 Å². The number of aryl methyl sites for hydroxylation is 1. The van der Waals surface area contributed by atoms with Gasteiger partial charge in [-0.25, -0.2) is 9.97 Å². The Balaban J connectivity index is 1.62. The summed E-state index contributed by atoms with van der Waals surface area (Å²) in [5.41, 5.74) is 11.2. The number of hydrogen-bond acceptors (Lipinski definition) is 6. The molecule has 5 rings (SSSR count). The summed E-state index contributed by atoms with van der Waals surface area (Å²) in [6.07, 6.45) is 7.87. The predicted molar refractivity (Wildman–Crippen MR) is 140 cm³/mol. The van der Waals surface area contributed by atoms with Gasteiger partial charge in [0.1, 0.15) is 5.75 Å². The quantitative estimate of drug-likeness (QED) is 0.316. The summed E-state index contributed by atoms with van der Waals surface area (Å²) in [7, 11) is 0. The number of nitrogens with zero attached hydrogens (tertiary/aromatic N) is 4. The zero-order valence-electron chi connectivity index (χ0n) is 19.9. The highest BCUT2D eigenvalue weighted by atomic mass is 16.5. The minimum Gasteiger partial charge on any atom is -0.424 e. The molecule has 182 valence electrons. The van der Waals surface area contributed by atoms with Crippen molar-refractivity contribution in [1.82, 2.24) is 19.4 Å². The second kappa shape index (κ2) is 9.74. The molecule has 9 heteroatoms. The van der Waals surface area contributed by atoms with Crippen LogP contribution in [0, 0.1) is 6.92 Å². The van der Waals surface area contributed by atoms with Gasteiger partial charge in [0.15, 0.2) is 0 Å². The molecule has 0 spiro atoms. The molecule has 0 aliphatic carbocycles. The van der Waals surface area contributed by atoms with E-state index in [-0.39, 0.29) is 11.9 Å². The van der Waals surface area contributed by atoms with Crippen LogP contribution in [0.25, 0.3) is 27.9 Å². The van der Waals surface area contributed by atoms with Crippen LogP contribution < -0.4 is 15.8 Å². The Bertz CT molecular complexity index is 1640. The lowest BCUT2D eigenvalue weighted by Crippen LogP contribution is -2.11. The SMILES string of the molecule is C=CC(=O)Nc1ccc(-c2c(-c3ccc(Oc4nccc(C)n4)cc3)c(C(N)=O)c3cnccn23)cc1. The van der Waals surface area contributed by atoms with Gasteiger partial charge < -0.3 is 20.2 Å². The predicted octanol–water partition coefficient (Wildman–Crippen LogP) is 4.78. The Morgan fingerprint density at radius 2 is 1.76 bits per heavy atom. The van der Waals surface area contributed by atoms with Crippen molar-refractivity contribution in [1.29, 1.82) is 0 Å². The largest absolute Gasteiger partial charge is 0.424 e. The number of primary amides is 1. The molecule has 0 unspecified atom stereocenters. The number of hydrogen-bond donors (Lipinski definition) is 2. The molecular formula is C28H22N6O3. The third kappa shape index (κ3) is 4.65. The summed E-state index contributed by atoms with van der Waals surface area (Å²) in [6.45, 7) is 5.33. The standard InChI is InChI=1S/C28H22N6O3/c1-3-23(35)33-20-8-4-19(5-9-20)26-24(25(27(29)36)22-16-30-14-15-34(22)26)18-6-10-21(11-7-18)37-28-31-13-12-17(2)32-28/h3-16H,1H2,2H3,(H2,29,36)(H,33,35). The molecule has 2 amide bonds. The van der Waals surface area contributed by atoms with Crippen LogP contribution in [0.4, 0.5) is 5.69 Å². The molecule has 3 aromatic heterocycles. The summed E-state index contributed by atoms with van der Waals surface area (Å²) < 4.78 is 7.66. The first kappa shape index (κ1) is 23.4. The molecule has 0 radical (unpaired) electrons. The Labute approximate surface area is 212 Å². The third-order valence-corrected chi connectivity index (χ3v) is 5.72.